The van der Waals surface area contributed by atoms with E-state index in [9.17, 15) is 0 Å². The molecule has 0 spiro atoms. The minimum absolute atomic E-state index is 0.849. The molecule has 1 aromatic carbocycles. The van der Waals surface area contributed by atoms with Gasteiger partial charge in [0.05, 0.1) is 5.75 Å². The van der Waals surface area contributed by atoms with Gasteiger partial charge in [0.2, 0.25) is 4.96 Å². The molecule has 0 unspecified atom stereocenters. The molecular weight excluding hydrogens is 300 g/mol. The zero-order valence-corrected chi connectivity index (χ0v) is 13.6. The van der Waals surface area contributed by atoms with E-state index in [1.165, 1.54) is 5.56 Å². The highest BCUT2D eigenvalue weighted by molar-refractivity contribution is 7.98. The van der Waals surface area contributed by atoms with Gasteiger partial charge in [-0.1, -0.05) is 48.6 Å². The van der Waals surface area contributed by atoms with Crippen molar-refractivity contribution in [2.24, 2.45) is 0 Å². The Morgan fingerprint density at radius 1 is 1.29 bits per heavy atom. The second-order valence-electron chi connectivity index (χ2n) is 4.59. The van der Waals surface area contributed by atoms with Crippen LogP contribution in [-0.4, -0.2) is 25.6 Å². The lowest BCUT2D eigenvalue weighted by Gasteiger charge is -1.97. The van der Waals surface area contributed by atoms with Crippen LogP contribution >= 0.6 is 23.1 Å². The van der Waals surface area contributed by atoms with Crippen LogP contribution in [0.2, 0.25) is 0 Å². The monoisotopic (exact) mass is 316 g/mol. The number of nitrogens with zero attached hydrogens (tertiary/aromatic N) is 4. The summed E-state index contributed by atoms with van der Waals surface area (Å²) in [5, 5.41) is 14.1. The van der Waals surface area contributed by atoms with Crippen molar-refractivity contribution >= 4 is 39.7 Å². The van der Waals surface area contributed by atoms with Crippen molar-refractivity contribution in [1.82, 2.24) is 19.8 Å². The third kappa shape index (κ3) is 3.16. The van der Waals surface area contributed by atoms with Crippen molar-refractivity contribution in [3.63, 3.8) is 0 Å². The third-order valence-corrected chi connectivity index (χ3v) is 4.92. The van der Waals surface area contributed by atoms with Gasteiger partial charge in [-0.25, -0.2) is 0 Å². The number of aromatic nitrogens is 4. The van der Waals surface area contributed by atoms with Gasteiger partial charge in [0.25, 0.3) is 0 Å². The lowest BCUT2D eigenvalue weighted by atomic mass is 10.1. The number of fused-ring (bicyclic) bond motifs is 1. The lowest BCUT2D eigenvalue weighted by Crippen LogP contribution is -1.94. The maximum Gasteiger partial charge on any atom is 0.234 e. The van der Waals surface area contributed by atoms with E-state index in [4.69, 9.17) is 0 Å². The maximum atomic E-state index is 4.65. The highest BCUT2D eigenvalue weighted by Crippen LogP contribution is 2.24. The van der Waals surface area contributed by atoms with E-state index < -0.39 is 0 Å². The molecule has 0 N–H and O–H groups in total. The molecule has 2 aromatic heterocycles. The standard InChI is InChI=1S/C15H16N4S2/c1-3-20-10-13-16-17-15-19(13)18-14(21-15)11(2)9-12-7-5-4-6-8-12/h4-9H,3,10H2,1-2H3/b11-9+. The Balaban J connectivity index is 1.90. The van der Waals surface area contributed by atoms with Gasteiger partial charge in [0.15, 0.2) is 5.82 Å². The van der Waals surface area contributed by atoms with Crippen LogP contribution in [0.1, 0.15) is 30.2 Å². The van der Waals surface area contributed by atoms with Crippen molar-refractivity contribution < 1.29 is 0 Å². The summed E-state index contributed by atoms with van der Waals surface area (Å²) in [6.07, 6.45) is 2.15. The second kappa shape index (κ2) is 6.41. The molecule has 108 valence electrons. The van der Waals surface area contributed by atoms with Gasteiger partial charge in [-0.3, -0.25) is 0 Å². The van der Waals surface area contributed by atoms with E-state index in [0.717, 1.165) is 32.9 Å². The maximum absolute atomic E-state index is 4.65. The van der Waals surface area contributed by atoms with Gasteiger partial charge in [-0.05, 0) is 29.9 Å². The Hall–Kier alpha value is -1.66. The molecule has 3 aromatic rings. The molecule has 0 saturated carbocycles. The average Bonchev–Trinajstić information content (AvgIpc) is 3.07. The van der Waals surface area contributed by atoms with Crippen molar-refractivity contribution in [1.29, 1.82) is 0 Å². The van der Waals surface area contributed by atoms with E-state index in [2.05, 4.69) is 47.4 Å². The molecule has 0 radical (unpaired) electrons. The number of allylic oxidation sites excluding steroid dienone is 1. The number of rotatable bonds is 5. The summed E-state index contributed by atoms with van der Waals surface area (Å²) in [6.45, 7) is 4.22. The summed E-state index contributed by atoms with van der Waals surface area (Å²) >= 11 is 3.41. The van der Waals surface area contributed by atoms with Crippen LogP contribution in [0.5, 0.6) is 0 Å². The number of hydrogen-bond donors (Lipinski definition) is 0. The minimum atomic E-state index is 0.849. The Morgan fingerprint density at radius 2 is 2.10 bits per heavy atom. The van der Waals surface area contributed by atoms with Crippen LogP contribution in [0.15, 0.2) is 30.3 Å². The molecular formula is C15H16N4S2. The first-order valence-electron chi connectivity index (χ1n) is 6.80. The zero-order valence-electron chi connectivity index (χ0n) is 12.0. The Morgan fingerprint density at radius 3 is 2.86 bits per heavy atom. The number of benzene rings is 1. The lowest BCUT2D eigenvalue weighted by molar-refractivity contribution is 0.878. The van der Waals surface area contributed by atoms with Gasteiger partial charge < -0.3 is 0 Å². The normalized spacial score (nSPS) is 12.2. The molecule has 6 heteroatoms. The molecule has 0 atom stereocenters. The van der Waals surface area contributed by atoms with Crippen LogP contribution in [-0.2, 0) is 5.75 Å². The van der Waals surface area contributed by atoms with Gasteiger partial charge in [-0.15, -0.1) is 10.2 Å². The van der Waals surface area contributed by atoms with E-state index >= 15 is 0 Å². The van der Waals surface area contributed by atoms with E-state index in [1.807, 2.05) is 34.5 Å². The fourth-order valence-electron chi connectivity index (χ4n) is 1.96. The summed E-state index contributed by atoms with van der Waals surface area (Å²) in [4.78, 5) is 0.859. The van der Waals surface area contributed by atoms with Crippen LogP contribution in [0, 0.1) is 0 Å². The highest BCUT2D eigenvalue weighted by Gasteiger charge is 2.12. The average molecular weight is 316 g/mol. The number of thioether (sulfide) groups is 1. The van der Waals surface area contributed by atoms with Crippen molar-refractivity contribution in [3.05, 3.63) is 46.7 Å². The smallest absolute Gasteiger partial charge is 0.186 e. The molecule has 0 bridgehead atoms. The van der Waals surface area contributed by atoms with Crippen molar-refractivity contribution in [2.75, 3.05) is 5.75 Å². The van der Waals surface area contributed by atoms with Gasteiger partial charge in [0.1, 0.15) is 5.01 Å². The molecule has 0 fully saturated rings. The summed E-state index contributed by atoms with van der Waals surface area (Å²) < 4.78 is 1.87. The second-order valence-corrected chi connectivity index (χ2v) is 6.82. The first-order valence-corrected chi connectivity index (χ1v) is 8.77. The minimum Gasteiger partial charge on any atom is -0.186 e. The highest BCUT2D eigenvalue weighted by atomic mass is 32.2. The number of hydrogen-bond acceptors (Lipinski definition) is 5. The predicted octanol–water partition coefficient (Wildman–Crippen LogP) is 4.00. The first kappa shape index (κ1) is 14.3. The quantitative estimate of drug-likeness (QED) is 0.713. The van der Waals surface area contributed by atoms with Crippen LogP contribution < -0.4 is 0 Å². The van der Waals surface area contributed by atoms with Crippen LogP contribution in [0.4, 0.5) is 0 Å². The molecule has 0 aliphatic rings. The Kier molecular flexibility index (Phi) is 4.36. The summed E-state index contributed by atoms with van der Waals surface area (Å²) in [6, 6.07) is 10.3. The van der Waals surface area contributed by atoms with Gasteiger partial charge >= 0.3 is 0 Å². The molecule has 3 rings (SSSR count). The van der Waals surface area contributed by atoms with Gasteiger partial charge in [-0.2, -0.15) is 21.4 Å². The summed E-state index contributed by atoms with van der Waals surface area (Å²) in [5.41, 5.74) is 2.33. The fourth-order valence-corrected chi connectivity index (χ4v) is 3.36. The molecule has 0 saturated heterocycles. The molecule has 21 heavy (non-hydrogen) atoms. The Labute approximate surface area is 131 Å². The van der Waals surface area contributed by atoms with E-state index in [1.54, 1.807) is 11.3 Å². The molecule has 0 amide bonds. The van der Waals surface area contributed by atoms with Crippen LogP contribution in [0.3, 0.4) is 0 Å². The van der Waals surface area contributed by atoms with Crippen molar-refractivity contribution in [3.8, 4) is 0 Å². The topological polar surface area (TPSA) is 43.1 Å². The third-order valence-electron chi connectivity index (χ3n) is 3.01. The molecule has 2 heterocycles. The van der Waals surface area contributed by atoms with Gasteiger partial charge in [0, 0.05) is 0 Å². The fraction of sp³-hybridized carbons (Fsp3) is 0.267. The van der Waals surface area contributed by atoms with Crippen LogP contribution in [0.25, 0.3) is 16.6 Å². The summed E-state index contributed by atoms with van der Waals surface area (Å²) in [7, 11) is 0. The van der Waals surface area contributed by atoms with E-state index in [-0.39, 0.29) is 0 Å². The Bertz CT molecular complexity index is 758. The first-order chi connectivity index (χ1) is 10.3. The van der Waals surface area contributed by atoms with Crippen molar-refractivity contribution in [2.45, 2.75) is 19.6 Å². The SMILES string of the molecule is CCSCc1nnc2sc(/C(C)=C/c3ccccc3)nn12. The predicted molar refractivity (Wildman–Crippen MR) is 90.5 cm³/mol. The molecule has 4 nitrogen and oxygen atoms in total. The summed E-state index contributed by atoms with van der Waals surface area (Å²) in [5.74, 6) is 2.84. The van der Waals surface area contributed by atoms with E-state index in [0.29, 0.717) is 0 Å². The molecule has 0 aliphatic heterocycles. The largest absolute Gasteiger partial charge is 0.234 e. The molecule has 0 aliphatic carbocycles. The zero-order chi connectivity index (χ0) is 14.7.